The molecule has 13 nitrogen and oxygen atoms in total. The lowest BCUT2D eigenvalue weighted by atomic mass is 10.0. The van der Waals surface area contributed by atoms with E-state index in [1.165, 1.54) is 4.80 Å². The number of aryl methyl sites for hydroxylation is 1. The molecule has 40 heavy (non-hydrogen) atoms. The molecule has 13 heteroatoms. The van der Waals surface area contributed by atoms with E-state index in [1.54, 1.807) is 35.5 Å². The summed E-state index contributed by atoms with van der Waals surface area (Å²) in [4.78, 5) is 36.8. The molecule has 0 aromatic carbocycles. The molecule has 5 rings (SSSR count). The first-order valence-corrected chi connectivity index (χ1v) is 13.8. The molecule has 2 fully saturated rings. The minimum absolute atomic E-state index is 0.0180. The molecule has 5 heterocycles. The number of hydrogen-bond donors (Lipinski definition) is 1. The van der Waals surface area contributed by atoms with Crippen molar-refractivity contribution in [3.05, 3.63) is 48.0 Å². The zero-order valence-electron chi connectivity index (χ0n) is 22.8. The van der Waals surface area contributed by atoms with Crippen LogP contribution >= 0.6 is 0 Å². The maximum absolute atomic E-state index is 13.8. The Morgan fingerprint density at radius 2 is 1.98 bits per heavy atom. The van der Waals surface area contributed by atoms with Gasteiger partial charge in [-0.25, -0.2) is 0 Å². The van der Waals surface area contributed by atoms with Gasteiger partial charge >= 0.3 is 0 Å². The van der Waals surface area contributed by atoms with E-state index in [-0.39, 0.29) is 24.5 Å². The van der Waals surface area contributed by atoms with Gasteiger partial charge in [-0.15, -0.1) is 10.2 Å². The molecule has 2 saturated heterocycles. The molecule has 1 N–H and O–H groups in total. The topological polar surface area (TPSA) is 141 Å². The molecule has 3 aromatic rings. The Morgan fingerprint density at radius 3 is 2.70 bits per heavy atom. The van der Waals surface area contributed by atoms with E-state index in [0.717, 1.165) is 38.2 Å². The zero-order chi connectivity index (χ0) is 27.7. The molecule has 2 aliphatic rings. The number of furan rings is 1. The van der Waals surface area contributed by atoms with Crippen molar-refractivity contribution in [1.82, 2.24) is 40.3 Å². The van der Waals surface area contributed by atoms with Gasteiger partial charge in [0, 0.05) is 51.7 Å². The smallest absolute Gasteiger partial charge is 0.247 e. The predicted octanol–water partition coefficient (Wildman–Crippen LogP) is 1.22. The second kappa shape index (κ2) is 13.6. The first kappa shape index (κ1) is 27.9. The van der Waals surface area contributed by atoms with Crippen LogP contribution in [0.4, 0.5) is 0 Å². The molecular weight excluding hydrogens is 516 g/mol. The van der Waals surface area contributed by atoms with Crippen LogP contribution in [0.2, 0.25) is 0 Å². The van der Waals surface area contributed by atoms with Crippen LogP contribution in [0.1, 0.15) is 36.6 Å². The van der Waals surface area contributed by atoms with Gasteiger partial charge < -0.3 is 24.1 Å². The minimum Gasteiger partial charge on any atom is -0.458 e. The van der Waals surface area contributed by atoms with Crippen LogP contribution < -0.4 is 5.32 Å². The maximum atomic E-state index is 13.8. The molecule has 214 valence electrons. The van der Waals surface area contributed by atoms with Crippen LogP contribution in [0.15, 0.2) is 41.1 Å². The Balaban J connectivity index is 1.35. The number of nitrogens with one attached hydrogen (secondary N) is 1. The lowest BCUT2D eigenvalue weighted by molar-refractivity contribution is -0.142. The van der Waals surface area contributed by atoms with Crippen molar-refractivity contribution in [1.29, 1.82) is 0 Å². The summed E-state index contributed by atoms with van der Waals surface area (Å²) in [7, 11) is 0. The van der Waals surface area contributed by atoms with Crippen molar-refractivity contribution in [2.75, 3.05) is 52.5 Å². The number of morpholine rings is 1. The first-order chi connectivity index (χ1) is 19.6. The molecule has 2 atom stereocenters. The van der Waals surface area contributed by atoms with Gasteiger partial charge in [0.15, 0.2) is 5.76 Å². The first-order valence-electron chi connectivity index (χ1n) is 13.8. The van der Waals surface area contributed by atoms with Gasteiger partial charge in [-0.2, -0.15) is 4.80 Å². The fraction of sp³-hybridized carbons (Fsp3) is 0.556. The third-order valence-electron chi connectivity index (χ3n) is 7.10. The number of hydrogen-bond acceptors (Lipinski definition) is 10. The Labute approximate surface area is 232 Å². The number of nitrogens with zero attached hydrogens (tertiary/aromatic N) is 7. The highest BCUT2D eigenvalue weighted by Gasteiger charge is 2.32. The Kier molecular flexibility index (Phi) is 9.47. The second-order valence-electron chi connectivity index (χ2n) is 10.0. The number of amides is 2. The van der Waals surface area contributed by atoms with E-state index in [2.05, 4.69) is 30.6 Å². The summed E-state index contributed by atoms with van der Waals surface area (Å²) in [5.41, 5.74) is 0.679. The summed E-state index contributed by atoms with van der Waals surface area (Å²) in [5, 5.41) is 15.5. The molecule has 0 spiro atoms. The lowest BCUT2D eigenvalue weighted by Gasteiger charge is -2.33. The largest absolute Gasteiger partial charge is 0.458 e. The van der Waals surface area contributed by atoms with Crippen molar-refractivity contribution in [3.8, 4) is 11.6 Å². The fourth-order valence-electron chi connectivity index (χ4n) is 5.00. The molecule has 0 saturated carbocycles. The molecule has 0 unspecified atom stereocenters. The Hall–Kier alpha value is -3.68. The number of aromatic nitrogens is 5. The van der Waals surface area contributed by atoms with E-state index >= 15 is 0 Å². The van der Waals surface area contributed by atoms with E-state index in [1.807, 2.05) is 13.0 Å². The van der Waals surface area contributed by atoms with E-state index in [4.69, 9.17) is 13.9 Å². The standard InChI is InChI=1S/C27H36N8O5/c1-20-5-6-23(40-20)26-30-32-35(31-26)19-24(36)34(12-3-11-33-13-16-38-17-14-33)25(21-7-9-28-10-8-21)27(37)29-18-22-4-2-15-39-22/h5-10,22,25H,2-4,11-19H2,1H3,(H,29,37)/t22-,25-/m0/s1. The number of pyridine rings is 1. The third kappa shape index (κ3) is 7.29. The number of rotatable bonds is 12. The summed E-state index contributed by atoms with van der Waals surface area (Å²) in [6, 6.07) is 6.25. The van der Waals surface area contributed by atoms with Crippen LogP contribution in [0.25, 0.3) is 11.6 Å². The zero-order valence-corrected chi connectivity index (χ0v) is 22.8. The van der Waals surface area contributed by atoms with Crippen molar-refractivity contribution < 1.29 is 23.5 Å². The SMILES string of the molecule is Cc1ccc(-c2nnn(CC(=O)N(CCCN3CCOCC3)[C@H](C(=O)NC[C@@H]3CCCO3)c3ccncc3)n2)o1. The summed E-state index contributed by atoms with van der Waals surface area (Å²) in [6.45, 7) is 7.00. The van der Waals surface area contributed by atoms with E-state index in [9.17, 15) is 9.59 Å². The second-order valence-corrected chi connectivity index (χ2v) is 10.0. The molecule has 2 amide bonds. The quantitative estimate of drug-likeness (QED) is 0.349. The molecule has 0 bridgehead atoms. The molecular formula is C27H36N8O5. The molecule has 0 radical (unpaired) electrons. The monoisotopic (exact) mass is 552 g/mol. The Bertz CT molecular complexity index is 1240. The maximum Gasteiger partial charge on any atom is 0.247 e. The minimum atomic E-state index is -0.850. The van der Waals surface area contributed by atoms with Crippen LogP contribution in [0, 0.1) is 6.92 Å². The van der Waals surface area contributed by atoms with Gasteiger partial charge in [0.25, 0.3) is 0 Å². The van der Waals surface area contributed by atoms with Gasteiger partial charge in [0.2, 0.25) is 17.6 Å². The van der Waals surface area contributed by atoms with Crippen molar-refractivity contribution in [2.24, 2.45) is 0 Å². The van der Waals surface area contributed by atoms with Crippen molar-refractivity contribution in [2.45, 2.75) is 44.9 Å². The molecule has 2 aliphatic heterocycles. The van der Waals surface area contributed by atoms with Crippen LogP contribution in [-0.2, 0) is 25.6 Å². The number of carbonyl (C=O) groups excluding carboxylic acids is 2. The summed E-state index contributed by atoms with van der Waals surface area (Å²) < 4.78 is 16.7. The third-order valence-corrected chi connectivity index (χ3v) is 7.10. The Morgan fingerprint density at radius 1 is 1.15 bits per heavy atom. The summed E-state index contributed by atoms with van der Waals surface area (Å²) in [6.07, 6.45) is 5.80. The summed E-state index contributed by atoms with van der Waals surface area (Å²) in [5.74, 6) is 0.930. The lowest BCUT2D eigenvalue weighted by Crippen LogP contribution is -2.47. The van der Waals surface area contributed by atoms with Crippen molar-refractivity contribution in [3.63, 3.8) is 0 Å². The van der Waals surface area contributed by atoms with Crippen molar-refractivity contribution >= 4 is 11.8 Å². The predicted molar refractivity (Wildman–Crippen MR) is 143 cm³/mol. The van der Waals surface area contributed by atoms with E-state index in [0.29, 0.717) is 56.5 Å². The van der Waals surface area contributed by atoms with Gasteiger partial charge in [0.1, 0.15) is 18.3 Å². The number of carbonyl (C=O) groups is 2. The van der Waals surface area contributed by atoms with E-state index < -0.39 is 6.04 Å². The summed E-state index contributed by atoms with van der Waals surface area (Å²) >= 11 is 0. The number of tetrazole rings is 1. The van der Waals surface area contributed by atoms with Gasteiger partial charge in [-0.1, -0.05) is 0 Å². The fourth-order valence-corrected chi connectivity index (χ4v) is 5.00. The number of ether oxygens (including phenoxy) is 2. The van der Waals surface area contributed by atoms with Gasteiger partial charge in [-0.05, 0) is 61.2 Å². The highest BCUT2D eigenvalue weighted by molar-refractivity contribution is 5.88. The highest BCUT2D eigenvalue weighted by atomic mass is 16.5. The van der Waals surface area contributed by atoms with Gasteiger partial charge in [0.05, 0.1) is 19.3 Å². The molecule has 3 aromatic heterocycles. The van der Waals surface area contributed by atoms with Crippen LogP contribution in [0.5, 0.6) is 0 Å². The highest BCUT2D eigenvalue weighted by Crippen LogP contribution is 2.23. The average molecular weight is 553 g/mol. The van der Waals surface area contributed by atoms with Crippen LogP contribution in [0.3, 0.4) is 0 Å². The van der Waals surface area contributed by atoms with Crippen LogP contribution in [-0.4, -0.2) is 105 Å². The molecule has 0 aliphatic carbocycles. The average Bonchev–Trinajstić information content (AvgIpc) is 3.75. The van der Waals surface area contributed by atoms with Gasteiger partial charge in [-0.3, -0.25) is 19.5 Å². The normalized spacial score (nSPS) is 18.5.